The number of ether oxygens (including phenoxy) is 3. The second kappa shape index (κ2) is 8.19. The Morgan fingerprint density at radius 1 is 1.10 bits per heavy atom. The number of hydrogen-bond acceptors (Lipinski definition) is 8. The second-order valence-corrected chi connectivity index (χ2v) is 8.09. The van der Waals surface area contributed by atoms with Crippen LogP contribution >= 0.6 is 27.7 Å². The predicted octanol–water partition coefficient (Wildman–Crippen LogP) is 1.98. The van der Waals surface area contributed by atoms with Gasteiger partial charge in [0, 0.05) is 15.3 Å². The Morgan fingerprint density at radius 3 is 2.40 bits per heavy atom. The van der Waals surface area contributed by atoms with Crippen molar-refractivity contribution in [2.45, 2.75) is 6.17 Å². The lowest BCUT2D eigenvalue weighted by Gasteiger charge is -2.34. The quantitative estimate of drug-likeness (QED) is 0.705. The van der Waals surface area contributed by atoms with Crippen LogP contribution in [0.5, 0.6) is 17.2 Å². The number of rotatable bonds is 4. The van der Waals surface area contributed by atoms with E-state index in [1.807, 2.05) is 36.6 Å². The highest BCUT2D eigenvalue weighted by molar-refractivity contribution is 9.10. The highest BCUT2D eigenvalue weighted by Crippen LogP contribution is 2.42. The summed E-state index contributed by atoms with van der Waals surface area (Å²) >= 11 is 4.83. The molecule has 10 heteroatoms. The largest absolute Gasteiger partial charge is 0.493 e. The molecule has 0 saturated heterocycles. The molecule has 0 radical (unpaired) electrons. The highest BCUT2D eigenvalue weighted by Gasteiger charge is 2.35. The molecule has 0 fully saturated rings. The molecule has 0 bridgehead atoms. The first-order chi connectivity index (χ1) is 14.5. The molecule has 0 saturated carbocycles. The molecule has 0 aliphatic carbocycles. The van der Waals surface area contributed by atoms with Gasteiger partial charge >= 0.3 is 0 Å². The first-order valence-electron chi connectivity index (χ1n) is 8.91. The summed E-state index contributed by atoms with van der Waals surface area (Å²) in [4.78, 5) is 17.9. The van der Waals surface area contributed by atoms with Crippen molar-refractivity contribution >= 4 is 44.5 Å². The number of thioether (sulfide) groups is 1. The van der Waals surface area contributed by atoms with E-state index < -0.39 is 6.17 Å². The van der Waals surface area contributed by atoms with Crippen LogP contribution in [0.2, 0.25) is 0 Å². The number of nitrogens with one attached hydrogen (secondary N) is 1. The summed E-state index contributed by atoms with van der Waals surface area (Å²) in [6.07, 6.45) is 1.26. The minimum Gasteiger partial charge on any atom is -0.493 e. The Morgan fingerprint density at radius 2 is 1.80 bits per heavy atom. The number of fused-ring (bicyclic) bond motifs is 2. The van der Waals surface area contributed by atoms with E-state index in [0.717, 1.165) is 10.0 Å². The maximum Gasteiger partial charge on any atom is 0.276 e. The van der Waals surface area contributed by atoms with E-state index in [1.54, 1.807) is 26.3 Å². The van der Waals surface area contributed by atoms with Gasteiger partial charge in [-0.3, -0.25) is 15.1 Å². The van der Waals surface area contributed by atoms with Gasteiger partial charge in [0.25, 0.3) is 5.91 Å². The van der Waals surface area contributed by atoms with Gasteiger partial charge in [0.1, 0.15) is 5.70 Å². The zero-order valence-electron chi connectivity index (χ0n) is 16.7. The molecule has 156 valence electrons. The Labute approximate surface area is 185 Å². The lowest BCUT2D eigenvalue weighted by Crippen LogP contribution is -2.50. The molecule has 8 nitrogen and oxygen atoms in total. The number of amidine groups is 1. The summed E-state index contributed by atoms with van der Waals surface area (Å²) in [6.45, 7) is 0. The van der Waals surface area contributed by atoms with Crippen molar-refractivity contribution in [1.82, 2.24) is 10.3 Å². The molecule has 30 heavy (non-hydrogen) atoms. The van der Waals surface area contributed by atoms with Crippen molar-refractivity contribution in [2.24, 2.45) is 10.1 Å². The summed E-state index contributed by atoms with van der Waals surface area (Å²) in [6, 6.07) is 9.26. The lowest BCUT2D eigenvalue weighted by atomic mass is 10.1. The summed E-state index contributed by atoms with van der Waals surface area (Å²) in [5.41, 5.74) is 1.17. The Balaban J connectivity index is 1.99. The molecule has 1 amide bonds. The minimum absolute atomic E-state index is 0.235. The smallest absolute Gasteiger partial charge is 0.276 e. The van der Waals surface area contributed by atoms with Crippen LogP contribution in [0.3, 0.4) is 0 Å². The van der Waals surface area contributed by atoms with Gasteiger partial charge < -0.3 is 14.2 Å². The van der Waals surface area contributed by atoms with Crippen LogP contribution in [0, 0.1) is 0 Å². The predicted molar refractivity (Wildman–Crippen MR) is 118 cm³/mol. The number of hydrogen-bond donors (Lipinski definition) is 1. The monoisotopic (exact) mass is 490 g/mol. The zero-order valence-corrected chi connectivity index (χ0v) is 19.1. The number of carbonyl (C=O) groups is 1. The minimum atomic E-state index is -0.587. The maximum absolute atomic E-state index is 13.0. The van der Waals surface area contributed by atoms with Crippen molar-refractivity contribution in [3.05, 3.63) is 50.9 Å². The van der Waals surface area contributed by atoms with Gasteiger partial charge in [0.2, 0.25) is 5.75 Å². The highest BCUT2D eigenvalue weighted by atomic mass is 79.9. The molecule has 0 aromatic heterocycles. The van der Waals surface area contributed by atoms with Crippen LogP contribution in [0.1, 0.15) is 11.7 Å². The van der Waals surface area contributed by atoms with Crippen LogP contribution in [0.4, 0.5) is 0 Å². The SMILES string of the molecule is COc1cc(C2N=c3ccc(Br)cc3=C3C(=O)NC(SC)=NN32)cc(OC)c1OC. The summed E-state index contributed by atoms with van der Waals surface area (Å²) in [5.74, 6) is 1.25. The maximum atomic E-state index is 13.0. The van der Waals surface area contributed by atoms with Gasteiger partial charge in [0.05, 0.1) is 26.7 Å². The fourth-order valence-electron chi connectivity index (χ4n) is 3.41. The molecule has 2 aliphatic heterocycles. The van der Waals surface area contributed by atoms with Crippen molar-refractivity contribution in [3.8, 4) is 17.2 Å². The van der Waals surface area contributed by atoms with Gasteiger partial charge in [-0.05, 0) is 36.6 Å². The number of halogens is 1. The molecule has 2 aliphatic rings. The molecule has 1 atom stereocenters. The fraction of sp³-hybridized carbons (Fsp3) is 0.250. The van der Waals surface area contributed by atoms with Gasteiger partial charge in [-0.1, -0.05) is 27.7 Å². The Bertz CT molecular complexity index is 1160. The van der Waals surface area contributed by atoms with Gasteiger partial charge in [-0.25, -0.2) is 5.01 Å². The third kappa shape index (κ3) is 3.39. The third-order valence-corrected chi connectivity index (χ3v) is 5.81. The molecule has 4 rings (SSSR count). The number of amides is 1. The number of carbonyl (C=O) groups excluding carboxylic acids is 1. The van der Waals surface area contributed by atoms with Gasteiger partial charge in [-0.15, -0.1) is 5.10 Å². The van der Waals surface area contributed by atoms with E-state index in [0.29, 0.717) is 38.7 Å². The Hall–Kier alpha value is -2.72. The number of nitrogens with zero attached hydrogens (tertiary/aromatic N) is 3. The second-order valence-electron chi connectivity index (χ2n) is 6.38. The average Bonchev–Trinajstić information content (AvgIpc) is 2.76. The van der Waals surface area contributed by atoms with Crippen LogP contribution in [-0.4, -0.2) is 43.7 Å². The third-order valence-electron chi connectivity index (χ3n) is 4.75. The van der Waals surface area contributed by atoms with Crippen LogP contribution in [0.25, 0.3) is 5.70 Å². The average molecular weight is 491 g/mol. The summed E-state index contributed by atoms with van der Waals surface area (Å²) in [7, 11) is 4.67. The lowest BCUT2D eigenvalue weighted by molar-refractivity contribution is -0.116. The molecular formula is C20H19BrN4O4S. The zero-order chi connectivity index (χ0) is 21.4. The van der Waals surface area contributed by atoms with E-state index in [4.69, 9.17) is 19.2 Å². The molecular weight excluding hydrogens is 472 g/mol. The van der Waals surface area contributed by atoms with E-state index in [1.165, 1.54) is 11.8 Å². The molecule has 0 spiro atoms. The normalized spacial score (nSPS) is 17.3. The number of benzene rings is 2. The summed E-state index contributed by atoms with van der Waals surface area (Å²) in [5, 5.41) is 11.0. The van der Waals surface area contributed by atoms with Crippen LogP contribution < -0.4 is 30.1 Å². The molecule has 2 aromatic rings. The van der Waals surface area contributed by atoms with E-state index in [2.05, 4.69) is 26.3 Å². The van der Waals surface area contributed by atoms with Gasteiger partial charge in [0.15, 0.2) is 22.8 Å². The molecule has 2 heterocycles. The van der Waals surface area contributed by atoms with Crippen molar-refractivity contribution in [2.75, 3.05) is 27.6 Å². The van der Waals surface area contributed by atoms with Crippen LogP contribution in [-0.2, 0) is 4.79 Å². The van der Waals surface area contributed by atoms with Crippen molar-refractivity contribution in [1.29, 1.82) is 0 Å². The van der Waals surface area contributed by atoms with Gasteiger partial charge in [-0.2, -0.15) is 0 Å². The first-order valence-corrected chi connectivity index (χ1v) is 10.9. The number of hydrazone groups is 1. The number of methoxy groups -OCH3 is 3. The first kappa shape index (κ1) is 20.5. The Kier molecular flexibility index (Phi) is 5.61. The summed E-state index contributed by atoms with van der Waals surface area (Å²) < 4.78 is 17.3. The van der Waals surface area contributed by atoms with E-state index in [-0.39, 0.29) is 5.91 Å². The van der Waals surface area contributed by atoms with E-state index in [9.17, 15) is 4.79 Å². The standard InChI is InChI=1S/C20H19BrN4O4S/c1-27-14-7-10(8-15(28-2)17(14)29-3)18-22-13-6-5-11(21)9-12(13)16-19(26)23-20(30-4)24-25(16)18/h5-9,18H,1-4H3,(H,23,24,26). The fourth-order valence-corrected chi connectivity index (χ4v) is 4.14. The van der Waals surface area contributed by atoms with Crippen LogP contribution in [0.15, 0.2) is 44.9 Å². The topological polar surface area (TPSA) is 84.8 Å². The molecule has 1 N–H and O–H groups in total. The van der Waals surface area contributed by atoms with Crippen molar-refractivity contribution < 1.29 is 19.0 Å². The van der Waals surface area contributed by atoms with Crippen molar-refractivity contribution in [3.63, 3.8) is 0 Å². The molecule has 2 aromatic carbocycles. The van der Waals surface area contributed by atoms with E-state index >= 15 is 0 Å². The molecule has 1 unspecified atom stereocenters.